The fourth-order valence-electron chi connectivity index (χ4n) is 5.37. The van der Waals surface area contributed by atoms with Gasteiger partial charge < -0.3 is 23.7 Å². The number of ether oxygens (including phenoxy) is 3. The molecule has 1 aromatic carbocycles. The van der Waals surface area contributed by atoms with Crippen molar-refractivity contribution < 1.29 is 23.8 Å². The van der Waals surface area contributed by atoms with Gasteiger partial charge in [0, 0.05) is 65.5 Å². The largest absolute Gasteiger partial charge is 0.377 e. The lowest BCUT2D eigenvalue weighted by Gasteiger charge is -2.19. The maximum Gasteiger partial charge on any atom is 0.259 e. The van der Waals surface area contributed by atoms with Gasteiger partial charge in [-0.1, -0.05) is 24.3 Å². The zero-order valence-electron chi connectivity index (χ0n) is 19.9. The van der Waals surface area contributed by atoms with Gasteiger partial charge >= 0.3 is 0 Å². The molecule has 9 nitrogen and oxygen atoms in total. The smallest absolute Gasteiger partial charge is 0.259 e. The first kappa shape index (κ1) is 22.9. The SMILES string of the molecule is O=C1NC(=O)C2=C1c1cn(c3ccccc13)CCOCCOCCOCCN1CC2c2cccnc21. The third-order valence-corrected chi connectivity index (χ3v) is 7.00. The third-order valence-electron chi connectivity index (χ3n) is 7.00. The van der Waals surface area contributed by atoms with Crippen molar-refractivity contribution in [2.75, 3.05) is 57.6 Å². The summed E-state index contributed by atoms with van der Waals surface area (Å²) in [5.41, 5.74) is 3.65. The molecule has 3 aliphatic heterocycles. The molecule has 1 atom stereocenters. The van der Waals surface area contributed by atoms with E-state index in [2.05, 4.69) is 19.8 Å². The van der Waals surface area contributed by atoms with Gasteiger partial charge in [-0.2, -0.15) is 0 Å². The molecular formula is C27H28N4O5. The van der Waals surface area contributed by atoms with Crippen LogP contribution < -0.4 is 10.2 Å². The molecule has 36 heavy (non-hydrogen) atoms. The minimum absolute atomic E-state index is 0.272. The van der Waals surface area contributed by atoms with Crippen LogP contribution in [0.25, 0.3) is 16.5 Å². The summed E-state index contributed by atoms with van der Waals surface area (Å²) in [6.07, 6.45) is 3.73. The Labute approximate surface area is 208 Å². The van der Waals surface area contributed by atoms with Crippen LogP contribution in [0.3, 0.4) is 0 Å². The number of fused-ring (bicyclic) bond motifs is 12. The molecule has 1 N–H and O–H groups in total. The highest BCUT2D eigenvalue weighted by atomic mass is 16.5. The van der Waals surface area contributed by atoms with Crippen LogP contribution in [-0.4, -0.2) is 74.1 Å². The van der Waals surface area contributed by atoms with Crippen LogP contribution >= 0.6 is 0 Å². The Balaban J connectivity index is 1.47. The van der Waals surface area contributed by atoms with Gasteiger partial charge in [-0.15, -0.1) is 0 Å². The van der Waals surface area contributed by atoms with E-state index < -0.39 is 0 Å². The Bertz CT molecular complexity index is 1350. The van der Waals surface area contributed by atoms with E-state index >= 15 is 0 Å². The van der Waals surface area contributed by atoms with Crippen LogP contribution in [0.1, 0.15) is 17.0 Å². The molecule has 0 radical (unpaired) electrons. The fraction of sp³-hybridized carbons (Fsp3) is 0.370. The second-order valence-electron chi connectivity index (χ2n) is 9.08. The van der Waals surface area contributed by atoms with Gasteiger partial charge in [-0.3, -0.25) is 14.9 Å². The monoisotopic (exact) mass is 488 g/mol. The molecule has 3 aromatic rings. The third kappa shape index (κ3) is 4.09. The number of hydrogen-bond donors (Lipinski definition) is 1. The Kier molecular flexibility index (Phi) is 6.27. The van der Waals surface area contributed by atoms with Crippen molar-refractivity contribution in [2.45, 2.75) is 12.5 Å². The molecule has 2 aromatic heterocycles. The highest BCUT2D eigenvalue weighted by Crippen LogP contribution is 2.44. The molecule has 0 aliphatic carbocycles. The maximum absolute atomic E-state index is 13.2. The molecule has 2 amide bonds. The molecule has 6 rings (SSSR count). The van der Waals surface area contributed by atoms with E-state index in [0.717, 1.165) is 27.8 Å². The zero-order valence-corrected chi connectivity index (χ0v) is 19.9. The van der Waals surface area contributed by atoms with Gasteiger partial charge in [0.1, 0.15) is 5.82 Å². The molecular weight excluding hydrogens is 460 g/mol. The average Bonchev–Trinajstić information content (AvgIpc) is 3.52. The molecule has 0 spiro atoms. The number of aromatic nitrogens is 2. The highest BCUT2D eigenvalue weighted by Gasteiger charge is 2.42. The lowest BCUT2D eigenvalue weighted by Crippen LogP contribution is -2.29. The van der Waals surface area contributed by atoms with Crippen LogP contribution in [0.4, 0.5) is 5.82 Å². The van der Waals surface area contributed by atoms with Crippen LogP contribution in [0.5, 0.6) is 0 Å². The summed E-state index contributed by atoms with van der Waals surface area (Å²) in [5, 5.41) is 3.50. The van der Waals surface area contributed by atoms with Crippen molar-refractivity contribution in [3.63, 3.8) is 0 Å². The number of para-hydroxylation sites is 1. The topological polar surface area (TPSA) is 94.9 Å². The van der Waals surface area contributed by atoms with E-state index in [9.17, 15) is 9.59 Å². The van der Waals surface area contributed by atoms with Crippen molar-refractivity contribution in [1.29, 1.82) is 0 Å². The molecule has 0 fully saturated rings. The van der Waals surface area contributed by atoms with Gasteiger partial charge in [0.15, 0.2) is 0 Å². The Hall–Kier alpha value is -3.53. The fourth-order valence-corrected chi connectivity index (χ4v) is 5.37. The Morgan fingerprint density at radius 2 is 1.61 bits per heavy atom. The van der Waals surface area contributed by atoms with E-state index in [1.165, 1.54) is 0 Å². The summed E-state index contributed by atoms with van der Waals surface area (Å²) in [6.45, 7) is 4.81. The van der Waals surface area contributed by atoms with Crippen molar-refractivity contribution >= 4 is 34.1 Å². The number of hydrogen-bond acceptors (Lipinski definition) is 7. The van der Waals surface area contributed by atoms with Gasteiger partial charge in [-0.25, -0.2) is 4.98 Å². The maximum atomic E-state index is 13.2. The lowest BCUT2D eigenvalue weighted by atomic mass is 9.88. The number of imide groups is 1. The summed E-state index contributed by atoms with van der Waals surface area (Å²) in [7, 11) is 0. The van der Waals surface area contributed by atoms with Crippen LogP contribution in [0.2, 0.25) is 0 Å². The molecule has 3 aliphatic rings. The number of carbonyl (C=O) groups excluding carboxylic acids is 2. The lowest BCUT2D eigenvalue weighted by molar-refractivity contribution is -0.123. The number of nitrogens with zero attached hydrogens (tertiary/aromatic N) is 3. The van der Waals surface area contributed by atoms with Gasteiger partial charge in [0.25, 0.3) is 11.8 Å². The molecule has 5 heterocycles. The van der Waals surface area contributed by atoms with Crippen molar-refractivity contribution in [3.05, 3.63) is 65.5 Å². The molecule has 0 saturated carbocycles. The van der Waals surface area contributed by atoms with Crippen LogP contribution in [0.15, 0.2) is 54.4 Å². The minimum Gasteiger partial charge on any atom is -0.377 e. The number of pyridine rings is 1. The highest BCUT2D eigenvalue weighted by molar-refractivity contribution is 6.38. The zero-order chi connectivity index (χ0) is 24.5. The molecule has 1 unspecified atom stereocenters. The summed E-state index contributed by atoms with van der Waals surface area (Å²) < 4.78 is 19.3. The number of rotatable bonds is 0. The normalized spacial score (nSPS) is 21.6. The molecule has 4 bridgehead atoms. The number of nitrogens with one attached hydrogen (secondary N) is 1. The van der Waals surface area contributed by atoms with Crippen LogP contribution in [-0.2, 0) is 30.3 Å². The summed E-state index contributed by atoms with van der Waals surface area (Å²) in [6, 6.07) is 11.8. The van der Waals surface area contributed by atoms with Crippen molar-refractivity contribution in [2.24, 2.45) is 0 Å². The van der Waals surface area contributed by atoms with E-state index in [1.54, 1.807) is 6.20 Å². The first-order valence-corrected chi connectivity index (χ1v) is 12.3. The number of anilines is 1. The second-order valence-corrected chi connectivity index (χ2v) is 9.08. The van der Waals surface area contributed by atoms with Gasteiger partial charge in [-0.05, 0) is 12.1 Å². The molecule has 0 saturated heterocycles. The second kappa shape index (κ2) is 9.85. The standard InChI is InChI=1S/C27H28N4O5/c32-26-23-20-16-30(22-6-2-1-4-18(20)22)8-10-34-12-14-36-15-13-35-11-9-31-17-21(24(23)27(33)29-26)19-5-3-7-28-25(19)31/h1-7,16,21H,8-15,17H2,(H,29,32,33). The molecule has 186 valence electrons. The summed E-state index contributed by atoms with van der Waals surface area (Å²) in [5.74, 6) is -0.137. The first-order chi connectivity index (χ1) is 17.7. The first-order valence-electron chi connectivity index (χ1n) is 12.3. The Morgan fingerprint density at radius 3 is 2.44 bits per heavy atom. The van der Waals surface area contributed by atoms with Crippen molar-refractivity contribution in [1.82, 2.24) is 14.9 Å². The number of benzene rings is 1. The summed E-state index contributed by atoms with van der Waals surface area (Å²) in [4.78, 5) is 33.2. The minimum atomic E-state index is -0.357. The van der Waals surface area contributed by atoms with Gasteiger partial charge in [0.2, 0.25) is 0 Å². The summed E-state index contributed by atoms with van der Waals surface area (Å²) >= 11 is 0. The van der Waals surface area contributed by atoms with Crippen LogP contribution in [0, 0.1) is 0 Å². The molecule has 9 heteroatoms. The Morgan fingerprint density at radius 1 is 0.861 bits per heavy atom. The van der Waals surface area contributed by atoms with E-state index in [4.69, 9.17) is 14.2 Å². The van der Waals surface area contributed by atoms with E-state index in [0.29, 0.717) is 70.4 Å². The quantitative estimate of drug-likeness (QED) is 0.485. The predicted molar refractivity (Wildman–Crippen MR) is 134 cm³/mol. The number of amides is 2. The number of carbonyl (C=O) groups is 2. The van der Waals surface area contributed by atoms with Gasteiger partial charge in [0.05, 0.1) is 45.2 Å². The predicted octanol–water partition coefficient (Wildman–Crippen LogP) is 2.11. The van der Waals surface area contributed by atoms with Crippen molar-refractivity contribution in [3.8, 4) is 0 Å². The van der Waals surface area contributed by atoms with E-state index in [1.807, 2.05) is 42.6 Å². The average molecular weight is 489 g/mol. The van der Waals surface area contributed by atoms with E-state index in [-0.39, 0.29) is 17.7 Å².